The average molecular weight is 252 g/mol. The lowest BCUT2D eigenvalue weighted by molar-refractivity contribution is -0.118. The first-order chi connectivity index (χ1) is 8.22. The molecule has 4 heteroatoms. The SMILES string of the molecule is CC(CN)SCC(=O)NCCc1ccccc1. The predicted octanol–water partition coefficient (Wildman–Crippen LogP) is 1.43. The molecule has 17 heavy (non-hydrogen) atoms. The molecule has 1 amide bonds. The van der Waals surface area contributed by atoms with E-state index in [0.717, 1.165) is 6.42 Å². The standard InChI is InChI=1S/C13H20N2OS/c1-11(9-14)17-10-13(16)15-8-7-12-5-3-2-4-6-12/h2-6,11H,7-10,14H2,1H3,(H,15,16). The summed E-state index contributed by atoms with van der Waals surface area (Å²) < 4.78 is 0. The number of benzene rings is 1. The van der Waals surface area contributed by atoms with Crippen molar-refractivity contribution in [3.05, 3.63) is 35.9 Å². The van der Waals surface area contributed by atoms with Crippen LogP contribution in [0.5, 0.6) is 0 Å². The number of hydrogen-bond donors (Lipinski definition) is 2. The maximum absolute atomic E-state index is 11.5. The summed E-state index contributed by atoms with van der Waals surface area (Å²) in [6.07, 6.45) is 0.879. The van der Waals surface area contributed by atoms with Crippen molar-refractivity contribution in [2.24, 2.45) is 5.73 Å². The van der Waals surface area contributed by atoms with Crippen molar-refractivity contribution in [2.45, 2.75) is 18.6 Å². The first-order valence-electron chi connectivity index (χ1n) is 5.84. The highest BCUT2D eigenvalue weighted by Crippen LogP contribution is 2.07. The minimum atomic E-state index is 0.0891. The summed E-state index contributed by atoms with van der Waals surface area (Å²) in [5.74, 6) is 0.582. The van der Waals surface area contributed by atoms with E-state index in [4.69, 9.17) is 5.73 Å². The second kappa shape index (κ2) is 8.14. The van der Waals surface area contributed by atoms with Crippen LogP contribution in [-0.2, 0) is 11.2 Å². The zero-order chi connectivity index (χ0) is 12.5. The molecular weight excluding hydrogens is 232 g/mol. The van der Waals surface area contributed by atoms with Crippen LogP contribution in [0, 0.1) is 0 Å². The lowest BCUT2D eigenvalue weighted by Gasteiger charge is -2.08. The average Bonchev–Trinajstić information content (AvgIpc) is 2.37. The van der Waals surface area contributed by atoms with Crippen LogP contribution in [0.1, 0.15) is 12.5 Å². The number of nitrogens with two attached hydrogens (primary N) is 1. The summed E-state index contributed by atoms with van der Waals surface area (Å²) in [5.41, 5.74) is 6.73. The molecule has 1 rings (SSSR count). The van der Waals surface area contributed by atoms with E-state index < -0.39 is 0 Å². The molecule has 1 unspecified atom stereocenters. The molecule has 0 radical (unpaired) electrons. The molecule has 1 atom stereocenters. The highest BCUT2D eigenvalue weighted by atomic mass is 32.2. The number of amides is 1. The molecule has 3 nitrogen and oxygen atoms in total. The van der Waals surface area contributed by atoms with Crippen LogP contribution in [0.25, 0.3) is 0 Å². The maximum Gasteiger partial charge on any atom is 0.230 e. The van der Waals surface area contributed by atoms with Crippen LogP contribution < -0.4 is 11.1 Å². The van der Waals surface area contributed by atoms with E-state index >= 15 is 0 Å². The molecular formula is C13H20N2OS. The van der Waals surface area contributed by atoms with Gasteiger partial charge in [-0.25, -0.2) is 0 Å². The van der Waals surface area contributed by atoms with Gasteiger partial charge in [-0.2, -0.15) is 0 Å². The zero-order valence-electron chi connectivity index (χ0n) is 10.2. The molecule has 0 heterocycles. The van der Waals surface area contributed by atoms with Gasteiger partial charge in [0.05, 0.1) is 5.75 Å². The van der Waals surface area contributed by atoms with Crippen LogP contribution in [0.4, 0.5) is 0 Å². The second-order valence-corrected chi connectivity index (χ2v) is 5.37. The lowest BCUT2D eigenvalue weighted by Crippen LogP contribution is -2.28. The summed E-state index contributed by atoms with van der Waals surface area (Å²) in [7, 11) is 0. The molecule has 0 saturated heterocycles. The Morgan fingerprint density at radius 3 is 2.76 bits per heavy atom. The Morgan fingerprint density at radius 2 is 2.12 bits per heavy atom. The predicted molar refractivity (Wildman–Crippen MR) is 74.1 cm³/mol. The second-order valence-electron chi connectivity index (χ2n) is 3.94. The van der Waals surface area contributed by atoms with Crippen molar-refractivity contribution in [1.82, 2.24) is 5.32 Å². The fourth-order valence-corrected chi connectivity index (χ4v) is 2.00. The molecule has 94 valence electrons. The highest BCUT2D eigenvalue weighted by Gasteiger charge is 2.04. The maximum atomic E-state index is 11.5. The van der Waals surface area contributed by atoms with Crippen molar-refractivity contribution in [1.29, 1.82) is 0 Å². The van der Waals surface area contributed by atoms with Gasteiger partial charge in [0.1, 0.15) is 0 Å². The van der Waals surface area contributed by atoms with Crippen molar-refractivity contribution < 1.29 is 4.79 Å². The number of thioether (sulfide) groups is 1. The van der Waals surface area contributed by atoms with Gasteiger partial charge in [-0.05, 0) is 12.0 Å². The Labute approximate surface area is 107 Å². The number of carbonyl (C=O) groups excluding carboxylic acids is 1. The fraction of sp³-hybridized carbons (Fsp3) is 0.462. The van der Waals surface area contributed by atoms with Gasteiger partial charge in [0, 0.05) is 18.3 Å². The third-order valence-electron chi connectivity index (χ3n) is 2.41. The Kier molecular flexibility index (Phi) is 6.74. The fourth-order valence-electron chi connectivity index (χ4n) is 1.33. The molecule has 0 bridgehead atoms. The van der Waals surface area contributed by atoms with E-state index in [0.29, 0.717) is 24.1 Å². The molecule has 0 aliphatic rings. The molecule has 0 fully saturated rings. The Balaban J connectivity index is 2.12. The summed E-state index contributed by atoms with van der Waals surface area (Å²) in [5, 5.41) is 3.25. The van der Waals surface area contributed by atoms with E-state index in [1.54, 1.807) is 11.8 Å². The molecule has 1 aromatic carbocycles. The molecule has 3 N–H and O–H groups in total. The summed E-state index contributed by atoms with van der Waals surface area (Å²) in [4.78, 5) is 11.5. The Bertz CT molecular complexity index is 329. The van der Waals surface area contributed by atoms with E-state index in [9.17, 15) is 4.79 Å². The van der Waals surface area contributed by atoms with Crippen LogP contribution in [0.3, 0.4) is 0 Å². The Morgan fingerprint density at radius 1 is 1.41 bits per heavy atom. The van der Waals surface area contributed by atoms with Crippen molar-refractivity contribution in [3.63, 3.8) is 0 Å². The van der Waals surface area contributed by atoms with Gasteiger partial charge >= 0.3 is 0 Å². The Hall–Kier alpha value is -1.00. The minimum absolute atomic E-state index is 0.0891. The number of carbonyl (C=O) groups is 1. The monoisotopic (exact) mass is 252 g/mol. The normalized spacial score (nSPS) is 12.1. The summed E-state index contributed by atoms with van der Waals surface area (Å²) in [6.45, 7) is 3.34. The quantitative estimate of drug-likeness (QED) is 0.772. The van der Waals surface area contributed by atoms with Gasteiger partial charge in [-0.15, -0.1) is 11.8 Å². The van der Waals surface area contributed by atoms with Crippen molar-refractivity contribution in [2.75, 3.05) is 18.8 Å². The van der Waals surface area contributed by atoms with Crippen LogP contribution in [0.15, 0.2) is 30.3 Å². The molecule has 0 saturated carbocycles. The van der Waals surface area contributed by atoms with E-state index in [-0.39, 0.29) is 5.91 Å². The van der Waals surface area contributed by atoms with Crippen LogP contribution >= 0.6 is 11.8 Å². The first kappa shape index (κ1) is 14.1. The van der Waals surface area contributed by atoms with Gasteiger partial charge in [0.25, 0.3) is 0 Å². The van der Waals surface area contributed by atoms with Gasteiger partial charge in [-0.3, -0.25) is 4.79 Å². The first-order valence-corrected chi connectivity index (χ1v) is 6.89. The lowest BCUT2D eigenvalue weighted by atomic mass is 10.1. The van der Waals surface area contributed by atoms with Gasteiger partial charge < -0.3 is 11.1 Å². The van der Waals surface area contributed by atoms with Crippen molar-refractivity contribution >= 4 is 17.7 Å². The van der Waals surface area contributed by atoms with Gasteiger partial charge in [-0.1, -0.05) is 37.3 Å². The summed E-state index contributed by atoms with van der Waals surface area (Å²) in [6, 6.07) is 10.1. The zero-order valence-corrected chi connectivity index (χ0v) is 11.0. The third kappa shape index (κ3) is 6.34. The van der Waals surface area contributed by atoms with Gasteiger partial charge in [0.15, 0.2) is 0 Å². The largest absolute Gasteiger partial charge is 0.355 e. The molecule has 1 aromatic rings. The topological polar surface area (TPSA) is 55.1 Å². The van der Waals surface area contributed by atoms with Crippen LogP contribution in [-0.4, -0.2) is 30.0 Å². The van der Waals surface area contributed by atoms with Gasteiger partial charge in [0.2, 0.25) is 5.91 Å². The molecule has 0 aromatic heterocycles. The molecule has 0 spiro atoms. The minimum Gasteiger partial charge on any atom is -0.355 e. The number of hydrogen-bond acceptors (Lipinski definition) is 3. The highest BCUT2D eigenvalue weighted by molar-refractivity contribution is 8.00. The smallest absolute Gasteiger partial charge is 0.230 e. The molecule has 0 aliphatic carbocycles. The van der Waals surface area contributed by atoms with E-state index in [1.807, 2.05) is 25.1 Å². The number of nitrogens with one attached hydrogen (secondary N) is 1. The van der Waals surface area contributed by atoms with E-state index in [1.165, 1.54) is 5.56 Å². The number of rotatable bonds is 7. The third-order valence-corrected chi connectivity index (χ3v) is 3.60. The summed E-state index contributed by atoms with van der Waals surface area (Å²) >= 11 is 1.59. The molecule has 0 aliphatic heterocycles. The van der Waals surface area contributed by atoms with Crippen molar-refractivity contribution in [3.8, 4) is 0 Å². The van der Waals surface area contributed by atoms with Crippen LogP contribution in [0.2, 0.25) is 0 Å². The van der Waals surface area contributed by atoms with E-state index in [2.05, 4.69) is 17.4 Å².